The van der Waals surface area contributed by atoms with Crippen LogP contribution in [0.1, 0.15) is 12.0 Å². The molecule has 104 valence electrons. The van der Waals surface area contributed by atoms with Crippen molar-refractivity contribution in [2.24, 2.45) is 0 Å². The number of hydrogen-bond donors (Lipinski definition) is 1. The van der Waals surface area contributed by atoms with E-state index in [1.54, 1.807) is 10.9 Å². The van der Waals surface area contributed by atoms with Crippen LogP contribution in [0.25, 0.3) is 5.69 Å². The topological polar surface area (TPSA) is 58.4 Å². The first kappa shape index (κ1) is 13.1. The second-order valence-electron chi connectivity index (χ2n) is 4.89. The predicted molar refractivity (Wildman–Crippen MR) is 75.0 cm³/mol. The van der Waals surface area contributed by atoms with Crippen molar-refractivity contribution < 1.29 is 9.90 Å². The summed E-state index contributed by atoms with van der Waals surface area (Å²) in [5.74, 6) is -0.751. The predicted octanol–water partition coefficient (Wildman–Crippen LogP) is 2.18. The lowest BCUT2D eigenvalue weighted by Gasteiger charge is -2.37. The number of nitrogens with zero attached hydrogens (tertiary/aromatic N) is 3. The summed E-state index contributed by atoms with van der Waals surface area (Å²) >= 11 is 5.96. The van der Waals surface area contributed by atoms with Crippen molar-refractivity contribution in [1.29, 1.82) is 0 Å². The van der Waals surface area contributed by atoms with Gasteiger partial charge in [-0.15, -0.1) is 0 Å². The van der Waals surface area contributed by atoms with Crippen molar-refractivity contribution in [2.45, 2.75) is 19.0 Å². The zero-order valence-corrected chi connectivity index (χ0v) is 11.5. The SMILES string of the molecule is O=C(O)C1CCN1Cc1cnn(-c2cccc(Cl)c2)c1. The molecule has 1 N–H and O–H groups in total. The minimum absolute atomic E-state index is 0.357. The molecule has 0 radical (unpaired) electrons. The van der Waals surface area contributed by atoms with Gasteiger partial charge < -0.3 is 5.11 Å². The van der Waals surface area contributed by atoms with Gasteiger partial charge in [-0.2, -0.15) is 5.10 Å². The number of aromatic nitrogens is 2. The lowest BCUT2D eigenvalue weighted by molar-refractivity contribution is -0.148. The van der Waals surface area contributed by atoms with E-state index >= 15 is 0 Å². The first-order valence-corrected chi connectivity index (χ1v) is 6.77. The fraction of sp³-hybridized carbons (Fsp3) is 0.286. The molecule has 0 spiro atoms. The third-order valence-corrected chi connectivity index (χ3v) is 3.75. The van der Waals surface area contributed by atoms with Gasteiger partial charge in [-0.1, -0.05) is 17.7 Å². The quantitative estimate of drug-likeness (QED) is 0.938. The summed E-state index contributed by atoms with van der Waals surface area (Å²) in [7, 11) is 0. The zero-order chi connectivity index (χ0) is 14.1. The van der Waals surface area contributed by atoms with Gasteiger partial charge in [-0.25, -0.2) is 4.68 Å². The van der Waals surface area contributed by atoms with Gasteiger partial charge in [0.2, 0.25) is 0 Å². The number of carboxylic acids is 1. The first-order valence-electron chi connectivity index (χ1n) is 6.40. The summed E-state index contributed by atoms with van der Waals surface area (Å²) in [5, 5.41) is 14.0. The van der Waals surface area contributed by atoms with Crippen LogP contribution in [0.15, 0.2) is 36.7 Å². The average Bonchev–Trinajstić information content (AvgIpc) is 2.82. The van der Waals surface area contributed by atoms with Crippen LogP contribution in [0, 0.1) is 0 Å². The minimum atomic E-state index is -0.751. The lowest BCUT2D eigenvalue weighted by atomic mass is 10.0. The number of rotatable bonds is 4. The van der Waals surface area contributed by atoms with Crippen molar-refractivity contribution >= 4 is 17.6 Å². The number of hydrogen-bond acceptors (Lipinski definition) is 3. The molecule has 1 atom stereocenters. The second-order valence-corrected chi connectivity index (χ2v) is 5.32. The van der Waals surface area contributed by atoms with Crippen molar-refractivity contribution in [3.8, 4) is 5.69 Å². The van der Waals surface area contributed by atoms with E-state index in [4.69, 9.17) is 16.7 Å². The van der Waals surface area contributed by atoms with Crippen LogP contribution in [0.4, 0.5) is 0 Å². The monoisotopic (exact) mass is 291 g/mol. The maximum Gasteiger partial charge on any atom is 0.320 e. The van der Waals surface area contributed by atoms with Crippen molar-refractivity contribution in [2.75, 3.05) is 6.54 Å². The number of carboxylic acid groups (broad SMARTS) is 1. The second kappa shape index (κ2) is 5.26. The first-order chi connectivity index (χ1) is 9.63. The molecule has 1 aliphatic rings. The fourth-order valence-corrected chi connectivity index (χ4v) is 2.53. The Labute approximate surface area is 121 Å². The Morgan fingerprint density at radius 3 is 3.00 bits per heavy atom. The molecule has 6 heteroatoms. The van der Waals surface area contributed by atoms with Crippen molar-refractivity contribution in [3.05, 3.63) is 47.2 Å². The van der Waals surface area contributed by atoms with Gasteiger partial charge in [0.05, 0.1) is 11.9 Å². The molecule has 0 bridgehead atoms. The molecule has 5 nitrogen and oxygen atoms in total. The summed E-state index contributed by atoms with van der Waals surface area (Å²) in [6, 6.07) is 7.08. The number of benzene rings is 1. The van der Waals surface area contributed by atoms with Crippen LogP contribution in [0.3, 0.4) is 0 Å². The van der Waals surface area contributed by atoms with Gasteiger partial charge in [0, 0.05) is 29.9 Å². The molecule has 0 saturated carbocycles. The normalized spacial score (nSPS) is 18.8. The van der Waals surface area contributed by atoms with E-state index in [-0.39, 0.29) is 6.04 Å². The molecule has 0 amide bonds. The maximum atomic E-state index is 11.0. The molecule has 2 aromatic rings. The molecule has 1 fully saturated rings. The Bertz CT molecular complexity index is 641. The Balaban J connectivity index is 1.73. The highest BCUT2D eigenvalue weighted by Gasteiger charge is 2.33. The van der Waals surface area contributed by atoms with E-state index in [0.717, 1.165) is 24.2 Å². The molecule has 0 aliphatic carbocycles. The van der Waals surface area contributed by atoms with Crippen molar-refractivity contribution in [1.82, 2.24) is 14.7 Å². The zero-order valence-electron chi connectivity index (χ0n) is 10.7. The van der Waals surface area contributed by atoms with E-state index in [2.05, 4.69) is 5.10 Å². The molecular weight excluding hydrogens is 278 g/mol. The van der Waals surface area contributed by atoms with Gasteiger partial charge in [-0.05, 0) is 24.6 Å². The Kier molecular flexibility index (Phi) is 3.46. The van der Waals surface area contributed by atoms with Gasteiger partial charge in [0.15, 0.2) is 0 Å². The standard InChI is InChI=1S/C14H14ClN3O2/c15-11-2-1-3-12(6-11)18-9-10(7-16-18)8-17-5-4-13(17)14(19)20/h1-3,6-7,9,13H,4-5,8H2,(H,19,20). The highest BCUT2D eigenvalue weighted by Crippen LogP contribution is 2.21. The molecule has 20 heavy (non-hydrogen) atoms. The number of halogens is 1. The largest absolute Gasteiger partial charge is 0.480 e. The Morgan fingerprint density at radius 1 is 1.50 bits per heavy atom. The van der Waals surface area contributed by atoms with E-state index < -0.39 is 5.97 Å². The smallest absolute Gasteiger partial charge is 0.320 e. The molecule has 2 heterocycles. The summed E-state index contributed by atoms with van der Waals surface area (Å²) < 4.78 is 1.75. The highest BCUT2D eigenvalue weighted by molar-refractivity contribution is 6.30. The number of aliphatic carboxylic acids is 1. The highest BCUT2D eigenvalue weighted by atomic mass is 35.5. The lowest BCUT2D eigenvalue weighted by Crippen LogP contribution is -2.51. The fourth-order valence-electron chi connectivity index (χ4n) is 2.35. The van der Waals surface area contributed by atoms with Gasteiger partial charge in [0.1, 0.15) is 6.04 Å². The van der Waals surface area contributed by atoms with Crippen LogP contribution in [0.2, 0.25) is 5.02 Å². The minimum Gasteiger partial charge on any atom is -0.480 e. The maximum absolute atomic E-state index is 11.0. The van der Waals surface area contributed by atoms with Crippen LogP contribution < -0.4 is 0 Å². The van der Waals surface area contributed by atoms with Crippen LogP contribution >= 0.6 is 11.6 Å². The van der Waals surface area contributed by atoms with Crippen LogP contribution in [-0.2, 0) is 11.3 Å². The van der Waals surface area contributed by atoms with Crippen LogP contribution in [0.5, 0.6) is 0 Å². The molecule has 1 aromatic carbocycles. The molecule has 1 saturated heterocycles. The third-order valence-electron chi connectivity index (χ3n) is 3.51. The average molecular weight is 292 g/mol. The van der Waals surface area contributed by atoms with Gasteiger partial charge >= 0.3 is 5.97 Å². The van der Waals surface area contributed by atoms with Gasteiger partial charge in [-0.3, -0.25) is 9.69 Å². The van der Waals surface area contributed by atoms with E-state index in [0.29, 0.717) is 11.6 Å². The van der Waals surface area contributed by atoms with E-state index in [9.17, 15) is 4.79 Å². The van der Waals surface area contributed by atoms with E-state index in [1.807, 2.05) is 35.4 Å². The molecule has 1 aromatic heterocycles. The summed E-state index contributed by atoms with van der Waals surface area (Å²) in [5.41, 5.74) is 1.89. The Morgan fingerprint density at radius 2 is 2.35 bits per heavy atom. The van der Waals surface area contributed by atoms with Crippen LogP contribution in [-0.4, -0.2) is 38.3 Å². The third kappa shape index (κ3) is 2.55. The van der Waals surface area contributed by atoms with Crippen molar-refractivity contribution in [3.63, 3.8) is 0 Å². The number of carbonyl (C=O) groups is 1. The summed E-state index contributed by atoms with van der Waals surface area (Å²) in [4.78, 5) is 12.9. The molecule has 1 aliphatic heterocycles. The summed E-state index contributed by atoms with van der Waals surface area (Å²) in [6.45, 7) is 1.43. The molecule has 3 rings (SSSR count). The molecular formula is C14H14ClN3O2. The Hall–Kier alpha value is -1.85. The van der Waals surface area contributed by atoms with Gasteiger partial charge in [0.25, 0.3) is 0 Å². The summed E-state index contributed by atoms with van der Waals surface area (Å²) in [6.07, 6.45) is 4.39. The van der Waals surface area contributed by atoms with E-state index in [1.165, 1.54) is 0 Å². The molecule has 1 unspecified atom stereocenters. The number of likely N-dealkylation sites (tertiary alicyclic amines) is 1.